The first-order valence-corrected chi connectivity index (χ1v) is 8.19. The van der Waals surface area contributed by atoms with E-state index in [-0.39, 0.29) is 0 Å². The Morgan fingerprint density at radius 1 is 0.818 bits per heavy atom. The van der Waals surface area contributed by atoms with Gasteiger partial charge in [0.05, 0.1) is 24.6 Å². The van der Waals surface area contributed by atoms with E-state index in [4.69, 9.17) is 9.47 Å². The molecule has 0 saturated heterocycles. The van der Waals surface area contributed by atoms with Gasteiger partial charge in [0.2, 0.25) is 0 Å². The molecule has 0 unspecified atom stereocenters. The standard InChI is InChI=1S/C19H29NO2/c1-3-5-7-9-14-21-16-18-12-11-13-19(20-18)17-22-15-10-8-6-4-2/h3-4,11-13H,1-2,5-10,14-17H2. The zero-order chi connectivity index (χ0) is 15.9. The highest BCUT2D eigenvalue weighted by Gasteiger charge is 1.99. The van der Waals surface area contributed by atoms with Crippen LogP contribution in [0.2, 0.25) is 0 Å². The predicted molar refractivity (Wildman–Crippen MR) is 91.6 cm³/mol. The van der Waals surface area contributed by atoms with Crippen LogP contribution in [0.15, 0.2) is 43.5 Å². The van der Waals surface area contributed by atoms with Gasteiger partial charge in [-0.3, -0.25) is 4.98 Å². The van der Waals surface area contributed by atoms with Crippen LogP contribution in [0, 0.1) is 0 Å². The summed E-state index contributed by atoms with van der Waals surface area (Å²) in [4.78, 5) is 4.56. The van der Waals surface area contributed by atoms with E-state index in [9.17, 15) is 0 Å². The molecule has 0 radical (unpaired) electrons. The topological polar surface area (TPSA) is 31.4 Å². The summed E-state index contributed by atoms with van der Waals surface area (Å²) in [5, 5.41) is 0. The van der Waals surface area contributed by atoms with Crippen molar-refractivity contribution in [2.45, 2.75) is 51.7 Å². The summed E-state index contributed by atoms with van der Waals surface area (Å²) in [6.45, 7) is 10.1. The molecule has 1 rings (SSSR count). The minimum Gasteiger partial charge on any atom is -0.375 e. The van der Waals surface area contributed by atoms with E-state index in [1.807, 2.05) is 30.4 Å². The fourth-order valence-corrected chi connectivity index (χ4v) is 2.03. The fraction of sp³-hybridized carbons (Fsp3) is 0.526. The zero-order valence-corrected chi connectivity index (χ0v) is 13.6. The summed E-state index contributed by atoms with van der Waals surface area (Å²) >= 11 is 0. The lowest BCUT2D eigenvalue weighted by Gasteiger charge is -2.07. The molecule has 3 nitrogen and oxygen atoms in total. The first-order chi connectivity index (χ1) is 10.9. The molecule has 0 atom stereocenters. The maximum absolute atomic E-state index is 5.64. The van der Waals surface area contributed by atoms with Crippen molar-refractivity contribution in [1.82, 2.24) is 4.98 Å². The Labute approximate surface area is 135 Å². The quantitative estimate of drug-likeness (QED) is 0.364. The van der Waals surface area contributed by atoms with Crippen LogP contribution in [-0.4, -0.2) is 18.2 Å². The van der Waals surface area contributed by atoms with Crippen molar-refractivity contribution in [1.29, 1.82) is 0 Å². The molecule has 1 heterocycles. The van der Waals surface area contributed by atoms with Crippen LogP contribution in [0.25, 0.3) is 0 Å². The zero-order valence-electron chi connectivity index (χ0n) is 13.6. The van der Waals surface area contributed by atoms with Crippen molar-refractivity contribution in [2.75, 3.05) is 13.2 Å². The number of aromatic nitrogens is 1. The van der Waals surface area contributed by atoms with Gasteiger partial charge in [-0.25, -0.2) is 0 Å². The number of pyridine rings is 1. The van der Waals surface area contributed by atoms with Gasteiger partial charge in [-0.2, -0.15) is 0 Å². The molecule has 22 heavy (non-hydrogen) atoms. The van der Waals surface area contributed by atoms with Crippen LogP contribution in [-0.2, 0) is 22.7 Å². The van der Waals surface area contributed by atoms with Crippen LogP contribution in [0.5, 0.6) is 0 Å². The Bertz CT molecular complexity index is 382. The molecule has 0 amide bonds. The number of nitrogens with zero attached hydrogens (tertiary/aromatic N) is 1. The van der Waals surface area contributed by atoms with Gasteiger partial charge in [0.15, 0.2) is 0 Å². The van der Waals surface area contributed by atoms with E-state index in [0.717, 1.165) is 63.1 Å². The van der Waals surface area contributed by atoms with Crippen molar-refractivity contribution in [2.24, 2.45) is 0 Å². The lowest BCUT2D eigenvalue weighted by Crippen LogP contribution is -2.02. The van der Waals surface area contributed by atoms with Gasteiger partial charge >= 0.3 is 0 Å². The van der Waals surface area contributed by atoms with Crippen molar-refractivity contribution in [3.05, 3.63) is 54.9 Å². The lowest BCUT2D eigenvalue weighted by atomic mass is 10.2. The second-order valence-electron chi connectivity index (χ2n) is 5.29. The molecule has 0 fully saturated rings. The van der Waals surface area contributed by atoms with Crippen LogP contribution in [0.1, 0.15) is 49.9 Å². The minimum atomic E-state index is 0.571. The third-order valence-corrected chi connectivity index (χ3v) is 3.26. The van der Waals surface area contributed by atoms with E-state index < -0.39 is 0 Å². The third kappa shape index (κ3) is 9.48. The Kier molecular flexibility index (Phi) is 11.2. The number of allylic oxidation sites excluding steroid dienone is 2. The first-order valence-electron chi connectivity index (χ1n) is 8.19. The number of hydrogen-bond acceptors (Lipinski definition) is 3. The molecule has 0 N–H and O–H groups in total. The highest BCUT2D eigenvalue weighted by Crippen LogP contribution is 2.05. The van der Waals surface area contributed by atoms with E-state index in [0.29, 0.717) is 13.2 Å². The maximum Gasteiger partial charge on any atom is 0.0887 e. The van der Waals surface area contributed by atoms with Crippen LogP contribution < -0.4 is 0 Å². The molecule has 3 heteroatoms. The minimum absolute atomic E-state index is 0.571. The second kappa shape index (κ2) is 13.2. The smallest absolute Gasteiger partial charge is 0.0887 e. The van der Waals surface area contributed by atoms with Crippen molar-refractivity contribution >= 4 is 0 Å². The van der Waals surface area contributed by atoms with Crippen LogP contribution >= 0.6 is 0 Å². The highest BCUT2D eigenvalue weighted by atomic mass is 16.5. The van der Waals surface area contributed by atoms with Gasteiger partial charge in [0, 0.05) is 13.2 Å². The largest absolute Gasteiger partial charge is 0.375 e. The Morgan fingerprint density at radius 2 is 1.32 bits per heavy atom. The van der Waals surface area contributed by atoms with Crippen LogP contribution in [0.4, 0.5) is 0 Å². The average molecular weight is 303 g/mol. The number of rotatable bonds is 14. The molecule has 0 bridgehead atoms. The Balaban J connectivity index is 2.15. The first kappa shape index (κ1) is 18.6. The second-order valence-corrected chi connectivity index (χ2v) is 5.29. The Morgan fingerprint density at radius 3 is 1.77 bits per heavy atom. The van der Waals surface area contributed by atoms with Gasteiger partial charge in [0.25, 0.3) is 0 Å². The molecule has 0 aromatic carbocycles. The predicted octanol–water partition coefficient (Wildman–Crippen LogP) is 4.83. The average Bonchev–Trinajstić information content (AvgIpc) is 2.54. The van der Waals surface area contributed by atoms with Gasteiger partial charge in [-0.1, -0.05) is 18.2 Å². The van der Waals surface area contributed by atoms with Gasteiger partial charge in [-0.15, -0.1) is 13.2 Å². The van der Waals surface area contributed by atoms with E-state index in [2.05, 4.69) is 18.1 Å². The number of ether oxygens (including phenoxy) is 2. The molecular weight excluding hydrogens is 274 g/mol. The molecule has 1 aromatic rings. The van der Waals surface area contributed by atoms with Crippen molar-refractivity contribution < 1.29 is 9.47 Å². The summed E-state index contributed by atoms with van der Waals surface area (Å²) in [6.07, 6.45) is 10.4. The van der Waals surface area contributed by atoms with E-state index in [1.54, 1.807) is 0 Å². The SMILES string of the molecule is C=CCCCCOCc1cccc(COCCCCC=C)n1. The van der Waals surface area contributed by atoms with Gasteiger partial charge < -0.3 is 9.47 Å². The summed E-state index contributed by atoms with van der Waals surface area (Å²) in [6, 6.07) is 6.01. The summed E-state index contributed by atoms with van der Waals surface area (Å²) < 4.78 is 11.3. The molecule has 0 spiro atoms. The van der Waals surface area contributed by atoms with Gasteiger partial charge in [-0.05, 0) is 50.7 Å². The van der Waals surface area contributed by atoms with Crippen molar-refractivity contribution in [3.63, 3.8) is 0 Å². The molecule has 0 aliphatic heterocycles. The van der Waals surface area contributed by atoms with Crippen molar-refractivity contribution in [3.8, 4) is 0 Å². The molecule has 1 aromatic heterocycles. The summed E-state index contributed by atoms with van der Waals surface area (Å²) in [7, 11) is 0. The highest BCUT2D eigenvalue weighted by molar-refractivity contribution is 5.09. The molecular formula is C19H29NO2. The number of hydrogen-bond donors (Lipinski definition) is 0. The van der Waals surface area contributed by atoms with Crippen LogP contribution in [0.3, 0.4) is 0 Å². The molecule has 0 aliphatic carbocycles. The van der Waals surface area contributed by atoms with E-state index in [1.165, 1.54) is 0 Å². The molecule has 0 saturated carbocycles. The monoisotopic (exact) mass is 303 g/mol. The van der Waals surface area contributed by atoms with E-state index >= 15 is 0 Å². The summed E-state index contributed by atoms with van der Waals surface area (Å²) in [5.74, 6) is 0. The molecule has 122 valence electrons. The third-order valence-electron chi connectivity index (χ3n) is 3.26. The summed E-state index contributed by atoms with van der Waals surface area (Å²) in [5.41, 5.74) is 1.94. The molecule has 0 aliphatic rings. The Hall–Kier alpha value is -1.45. The lowest BCUT2D eigenvalue weighted by molar-refractivity contribution is 0.108. The normalized spacial score (nSPS) is 10.5. The number of unbranched alkanes of at least 4 members (excludes halogenated alkanes) is 4. The fourth-order valence-electron chi connectivity index (χ4n) is 2.03. The maximum atomic E-state index is 5.64. The van der Waals surface area contributed by atoms with Gasteiger partial charge in [0.1, 0.15) is 0 Å².